The molecule has 0 aromatic heterocycles. The molecule has 0 saturated heterocycles. The molecule has 0 radical (unpaired) electrons. The van der Waals surface area contributed by atoms with Crippen LogP contribution in [0.25, 0.3) is 0 Å². The maximum Gasteiger partial charge on any atom is 0.334 e. The fourth-order valence-corrected chi connectivity index (χ4v) is 2.41. The molecule has 0 amide bonds. The Labute approximate surface area is 211 Å². The van der Waals surface area contributed by atoms with E-state index in [9.17, 15) is 9.59 Å². The summed E-state index contributed by atoms with van der Waals surface area (Å²) in [6.45, 7) is 2.31. The lowest BCUT2D eigenvalue weighted by Gasteiger charge is -2.02. The molecule has 0 spiro atoms. The molecule has 2 aromatic rings. The van der Waals surface area contributed by atoms with E-state index in [0.29, 0.717) is 12.5 Å². The number of nitrogens with one attached hydrogen (secondary N) is 1. The quantitative estimate of drug-likeness (QED) is 0.303. The van der Waals surface area contributed by atoms with Crippen molar-refractivity contribution in [3.8, 4) is 0 Å². The number of hydrogen-bond donors (Lipinski definition) is 3. The third-order valence-electron chi connectivity index (χ3n) is 4.17. The lowest BCUT2D eigenvalue weighted by molar-refractivity contribution is -0.143. The molecule has 1 heterocycles. The molecule has 1 aliphatic heterocycles. The van der Waals surface area contributed by atoms with Crippen LogP contribution in [0, 0.1) is 5.41 Å². The Morgan fingerprint density at radius 1 is 1.11 bits per heavy atom. The first-order valence-corrected chi connectivity index (χ1v) is 10.4. The van der Waals surface area contributed by atoms with Gasteiger partial charge in [0.2, 0.25) is 11.8 Å². The predicted molar refractivity (Wildman–Crippen MR) is 134 cm³/mol. The summed E-state index contributed by atoms with van der Waals surface area (Å²) in [5.41, 5.74) is 6.71. The summed E-state index contributed by atoms with van der Waals surface area (Å²) in [7, 11) is 2.57. The maximum atomic E-state index is 11.2. The fraction of sp³-hybridized carbons (Fsp3) is 0.333. The van der Waals surface area contributed by atoms with Crippen LogP contribution in [0.1, 0.15) is 18.1 Å². The number of aliphatic hydroxyl groups excluding tert-OH is 1. The highest BCUT2D eigenvalue weighted by atomic mass is 35.5. The van der Waals surface area contributed by atoms with Crippen LogP contribution in [0.15, 0.2) is 65.7 Å². The molecular weight excluding hydrogens is 478 g/mol. The van der Waals surface area contributed by atoms with Gasteiger partial charge in [-0.1, -0.05) is 36.4 Å². The van der Waals surface area contributed by atoms with Gasteiger partial charge < -0.3 is 29.8 Å². The van der Waals surface area contributed by atoms with Crippen LogP contribution in [-0.2, 0) is 28.5 Å². The van der Waals surface area contributed by atoms with E-state index in [1.54, 1.807) is 0 Å². The van der Waals surface area contributed by atoms with Gasteiger partial charge in [-0.25, -0.2) is 9.79 Å². The minimum Gasteiger partial charge on any atom is -0.478 e. The number of aliphatic hydroxyl groups is 1. The molecule has 0 unspecified atom stereocenters. The first-order chi connectivity index (χ1) is 16.4. The van der Waals surface area contributed by atoms with Crippen LogP contribution in [0.4, 0.5) is 0 Å². The van der Waals surface area contributed by atoms with E-state index in [-0.39, 0.29) is 37.5 Å². The van der Waals surface area contributed by atoms with Crippen molar-refractivity contribution in [1.82, 2.24) is 0 Å². The Hall–Kier alpha value is -3.47. The summed E-state index contributed by atoms with van der Waals surface area (Å²) in [6.07, 6.45) is 0. The average molecular weight is 510 g/mol. The SMILES string of the molecule is CCOC(=N)c1ccccc1.COC(=O)[C@@H](N)CO.COC(=O)[C@@H]1COC(c2ccccc2)=N1.Cl. The summed E-state index contributed by atoms with van der Waals surface area (Å²) in [5.74, 6) is -0.201. The highest BCUT2D eigenvalue weighted by Gasteiger charge is 2.26. The minimum absolute atomic E-state index is 0. The van der Waals surface area contributed by atoms with Crippen molar-refractivity contribution in [2.24, 2.45) is 10.7 Å². The molecule has 10 nitrogen and oxygen atoms in total. The predicted octanol–water partition coefficient (Wildman–Crippen LogP) is 1.95. The number of hydrogen-bond acceptors (Lipinski definition) is 10. The number of nitrogens with zero attached hydrogens (tertiary/aromatic N) is 1. The molecule has 0 saturated carbocycles. The molecule has 0 aliphatic carbocycles. The number of halogens is 1. The van der Waals surface area contributed by atoms with Crippen LogP contribution in [0.2, 0.25) is 0 Å². The summed E-state index contributed by atoms with van der Waals surface area (Å²) in [6, 6.07) is 17.5. The van der Waals surface area contributed by atoms with E-state index < -0.39 is 18.1 Å². The van der Waals surface area contributed by atoms with Gasteiger partial charge in [-0.3, -0.25) is 10.2 Å². The molecule has 3 rings (SSSR count). The fourth-order valence-electron chi connectivity index (χ4n) is 2.41. The first kappa shape index (κ1) is 31.5. The van der Waals surface area contributed by atoms with Gasteiger partial charge in [0.15, 0.2) is 6.04 Å². The summed E-state index contributed by atoms with van der Waals surface area (Å²) < 4.78 is 19.1. The van der Waals surface area contributed by atoms with Crippen molar-refractivity contribution < 1.29 is 33.6 Å². The van der Waals surface area contributed by atoms with E-state index in [1.807, 2.05) is 67.6 Å². The Bertz CT molecular complexity index is 927. The molecule has 2 atom stereocenters. The molecule has 192 valence electrons. The van der Waals surface area contributed by atoms with Gasteiger partial charge in [-0.2, -0.15) is 0 Å². The monoisotopic (exact) mass is 509 g/mol. The van der Waals surface area contributed by atoms with Gasteiger partial charge in [0.25, 0.3) is 0 Å². The average Bonchev–Trinajstić information content (AvgIpc) is 3.39. The topological polar surface area (TPSA) is 154 Å². The molecule has 4 N–H and O–H groups in total. The molecule has 2 aromatic carbocycles. The Kier molecular flexibility index (Phi) is 16.2. The zero-order chi connectivity index (χ0) is 25.3. The standard InChI is InChI=1S/C11H11NO3.C9H11NO.C4H9NO3.ClH/c1-14-11(13)9-7-15-10(12-9)8-5-3-2-4-6-8;1-2-11-9(10)8-6-4-3-5-7-8;1-8-4(7)3(5)2-6;/h2-6,9H,7H2,1H3;3-7,10H,2H2,1H3;3,6H,2,5H2,1H3;1H/t9-;;3-;/m0.0./s1. The Morgan fingerprint density at radius 2 is 1.69 bits per heavy atom. The smallest absolute Gasteiger partial charge is 0.334 e. The Balaban J connectivity index is 0.000000516. The van der Waals surface area contributed by atoms with Gasteiger partial charge in [0.05, 0.1) is 27.4 Å². The zero-order valence-corrected chi connectivity index (χ0v) is 20.7. The second kappa shape index (κ2) is 17.9. The second-order valence-electron chi connectivity index (χ2n) is 6.59. The number of nitrogens with two attached hydrogens (primary N) is 1. The molecular formula is C24H32ClN3O7. The van der Waals surface area contributed by atoms with Crippen molar-refractivity contribution in [1.29, 1.82) is 5.41 Å². The van der Waals surface area contributed by atoms with Crippen molar-refractivity contribution in [2.45, 2.75) is 19.0 Å². The van der Waals surface area contributed by atoms with Crippen LogP contribution in [0.3, 0.4) is 0 Å². The highest BCUT2D eigenvalue weighted by Crippen LogP contribution is 2.12. The molecule has 35 heavy (non-hydrogen) atoms. The van der Waals surface area contributed by atoms with Crippen LogP contribution in [0.5, 0.6) is 0 Å². The van der Waals surface area contributed by atoms with Crippen molar-refractivity contribution in [2.75, 3.05) is 34.0 Å². The number of benzene rings is 2. The number of ether oxygens (including phenoxy) is 4. The van der Waals surface area contributed by atoms with Crippen molar-refractivity contribution in [3.05, 3.63) is 71.8 Å². The van der Waals surface area contributed by atoms with Crippen LogP contribution < -0.4 is 5.73 Å². The third-order valence-corrected chi connectivity index (χ3v) is 4.17. The van der Waals surface area contributed by atoms with Gasteiger partial charge >= 0.3 is 11.9 Å². The zero-order valence-electron chi connectivity index (χ0n) is 19.9. The Morgan fingerprint density at radius 3 is 2.14 bits per heavy atom. The van der Waals surface area contributed by atoms with Gasteiger partial charge in [-0.15, -0.1) is 12.4 Å². The number of methoxy groups -OCH3 is 2. The van der Waals surface area contributed by atoms with E-state index in [1.165, 1.54) is 14.2 Å². The van der Waals surface area contributed by atoms with E-state index in [2.05, 4.69) is 14.5 Å². The second-order valence-corrected chi connectivity index (χ2v) is 6.59. The normalized spacial score (nSPS) is 14.1. The maximum absolute atomic E-state index is 11.2. The summed E-state index contributed by atoms with van der Waals surface area (Å²) in [4.78, 5) is 25.6. The summed E-state index contributed by atoms with van der Waals surface area (Å²) >= 11 is 0. The molecule has 0 bridgehead atoms. The lowest BCUT2D eigenvalue weighted by atomic mass is 10.2. The molecule has 0 fully saturated rings. The van der Waals surface area contributed by atoms with Crippen molar-refractivity contribution >= 4 is 36.1 Å². The van der Waals surface area contributed by atoms with Crippen LogP contribution in [-0.4, -0.2) is 75.0 Å². The third kappa shape index (κ3) is 11.5. The number of aliphatic imine (C=N–C) groups is 1. The largest absolute Gasteiger partial charge is 0.478 e. The van der Waals surface area contributed by atoms with E-state index in [4.69, 9.17) is 25.7 Å². The minimum atomic E-state index is -0.889. The van der Waals surface area contributed by atoms with Crippen LogP contribution >= 0.6 is 12.4 Å². The van der Waals surface area contributed by atoms with Gasteiger partial charge in [0, 0.05) is 11.1 Å². The lowest BCUT2D eigenvalue weighted by Crippen LogP contribution is -2.34. The molecule has 1 aliphatic rings. The number of carbonyl (C=O) groups excluding carboxylic acids is 2. The molecule has 11 heteroatoms. The van der Waals surface area contributed by atoms with E-state index >= 15 is 0 Å². The van der Waals surface area contributed by atoms with Gasteiger partial charge in [0.1, 0.15) is 12.6 Å². The number of esters is 2. The first-order valence-electron chi connectivity index (χ1n) is 10.4. The highest BCUT2D eigenvalue weighted by molar-refractivity contribution is 5.97. The van der Waals surface area contributed by atoms with Crippen molar-refractivity contribution in [3.63, 3.8) is 0 Å². The number of rotatable bonds is 6. The van der Waals surface area contributed by atoms with Gasteiger partial charge in [-0.05, 0) is 31.2 Å². The summed E-state index contributed by atoms with van der Waals surface area (Å²) in [5, 5.41) is 15.6. The number of carbonyl (C=O) groups is 2. The van der Waals surface area contributed by atoms with E-state index in [0.717, 1.165) is 11.1 Å².